The van der Waals surface area contributed by atoms with E-state index in [9.17, 15) is 9.59 Å². The molecule has 0 unspecified atom stereocenters. The number of hydrogen-bond acceptors (Lipinski definition) is 6. The van der Waals surface area contributed by atoms with E-state index in [4.69, 9.17) is 9.84 Å². The van der Waals surface area contributed by atoms with Crippen LogP contribution in [0.25, 0.3) is 11.3 Å². The molecular formula is C20H17N3O4S. The van der Waals surface area contributed by atoms with Crippen LogP contribution in [0.2, 0.25) is 0 Å². The van der Waals surface area contributed by atoms with Crippen LogP contribution in [0.3, 0.4) is 0 Å². The molecule has 0 saturated carbocycles. The summed E-state index contributed by atoms with van der Waals surface area (Å²) < 4.78 is 5.51. The second-order valence-electron chi connectivity index (χ2n) is 6.15. The molecule has 28 heavy (non-hydrogen) atoms. The van der Waals surface area contributed by atoms with Gasteiger partial charge in [0.15, 0.2) is 11.7 Å². The number of nitrogens with one attached hydrogen (secondary N) is 1. The summed E-state index contributed by atoms with van der Waals surface area (Å²) in [7, 11) is 0. The highest BCUT2D eigenvalue weighted by molar-refractivity contribution is 7.14. The topological polar surface area (TPSA) is 91.8 Å². The number of anilines is 3. The van der Waals surface area contributed by atoms with Gasteiger partial charge >= 0.3 is 5.97 Å². The van der Waals surface area contributed by atoms with Crippen LogP contribution >= 0.6 is 11.3 Å². The Morgan fingerprint density at radius 1 is 1.29 bits per heavy atom. The first kappa shape index (κ1) is 18.0. The number of carbonyl (C=O) groups excluding carboxylic acids is 1. The molecule has 4 rings (SSSR count). The number of aromatic nitrogens is 1. The molecule has 0 spiro atoms. The zero-order valence-electron chi connectivity index (χ0n) is 15.0. The van der Waals surface area contributed by atoms with Gasteiger partial charge in [0.25, 0.3) is 5.91 Å². The van der Waals surface area contributed by atoms with E-state index < -0.39 is 5.97 Å². The summed E-state index contributed by atoms with van der Waals surface area (Å²) in [4.78, 5) is 29.3. The minimum absolute atomic E-state index is 0.0578. The Bertz CT molecular complexity index is 1050. The lowest BCUT2D eigenvalue weighted by atomic mass is 10.1. The van der Waals surface area contributed by atoms with Gasteiger partial charge in [-0.05, 0) is 49.4 Å². The molecule has 2 N–H and O–H groups in total. The molecule has 0 aliphatic carbocycles. The first-order valence-electron chi connectivity index (χ1n) is 8.68. The van der Waals surface area contributed by atoms with E-state index in [1.165, 1.54) is 11.3 Å². The Labute approximate surface area is 165 Å². The van der Waals surface area contributed by atoms with Crippen LogP contribution in [0.4, 0.5) is 16.5 Å². The van der Waals surface area contributed by atoms with Gasteiger partial charge in [0.05, 0.1) is 16.9 Å². The number of rotatable bonds is 5. The zero-order chi connectivity index (χ0) is 19.7. The Balaban J connectivity index is 1.57. The van der Waals surface area contributed by atoms with E-state index in [1.54, 1.807) is 29.2 Å². The fourth-order valence-electron chi connectivity index (χ4n) is 2.99. The van der Waals surface area contributed by atoms with Crippen molar-refractivity contribution in [2.75, 3.05) is 23.4 Å². The lowest BCUT2D eigenvalue weighted by molar-refractivity contribution is -0.121. The Hall–Kier alpha value is -3.39. The monoisotopic (exact) mass is 395 g/mol. The molecule has 0 radical (unpaired) electrons. The minimum Gasteiger partial charge on any atom is -0.482 e. The predicted molar refractivity (Wildman–Crippen MR) is 108 cm³/mol. The van der Waals surface area contributed by atoms with Crippen molar-refractivity contribution in [3.63, 3.8) is 0 Å². The third-order valence-electron chi connectivity index (χ3n) is 4.40. The average Bonchev–Trinajstić information content (AvgIpc) is 3.16. The van der Waals surface area contributed by atoms with Crippen LogP contribution in [0.5, 0.6) is 5.75 Å². The summed E-state index contributed by atoms with van der Waals surface area (Å²) in [6, 6.07) is 12.2. The van der Waals surface area contributed by atoms with E-state index >= 15 is 0 Å². The van der Waals surface area contributed by atoms with Crippen LogP contribution in [-0.2, 0) is 4.79 Å². The van der Waals surface area contributed by atoms with Crippen molar-refractivity contribution in [2.45, 2.75) is 6.92 Å². The number of hydrogen-bond donors (Lipinski definition) is 2. The number of thiazole rings is 1. The van der Waals surface area contributed by atoms with Crippen LogP contribution in [-0.4, -0.2) is 35.1 Å². The quantitative estimate of drug-likeness (QED) is 0.679. The highest BCUT2D eigenvalue weighted by Gasteiger charge is 2.24. The van der Waals surface area contributed by atoms with Gasteiger partial charge in [0.2, 0.25) is 0 Å². The average molecular weight is 395 g/mol. The lowest BCUT2D eigenvalue weighted by Gasteiger charge is -2.28. The maximum atomic E-state index is 12.0. The summed E-state index contributed by atoms with van der Waals surface area (Å²) in [5, 5.41) is 14.8. The van der Waals surface area contributed by atoms with Crippen molar-refractivity contribution < 1.29 is 19.4 Å². The third kappa shape index (κ3) is 3.41. The highest BCUT2D eigenvalue weighted by Crippen LogP contribution is 2.37. The summed E-state index contributed by atoms with van der Waals surface area (Å²) in [5.74, 6) is -0.325. The van der Waals surface area contributed by atoms with Crippen molar-refractivity contribution in [1.29, 1.82) is 0 Å². The summed E-state index contributed by atoms with van der Waals surface area (Å²) in [5.41, 5.74) is 3.42. The highest BCUT2D eigenvalue weighted by atomic mass is 32.1. The van der Waals surface area contributed by atoms with E-state index in [1.807, 2.05) is 30.5 Å². The van der Waals surface area contributed by atoms with Crippen LogP contribution < -0.4 is 15.0 Å². The fourth-order valence-corrected chi connectivity index (χ4v) is 3.73. The molecule has 3 aromatic rings. The largest absolute Gasteiger partial charge is 0.482 e. The number of nitrogens with zero attached hydrogens (tertiary/aromatic N) is 2. The molecule has 2 aromatic carbocycles. The molecule has 0 saturated heterocycles. The number of ether oxygens (including phenoxy) is 1. The smallest absolute Gasteiger partial charge is 0.335 e. The van der Waals surface area contributed by atoms with Gasteiger partial charge < -0.3 is 20.1 Å². The molecule has 1 aliphatic heterocycles. The van der Waals surface area contributed by atoms with Crippen LogP contribution in [0, 0.1) is 0 Å². The van der Waals surface area contributed by atoms with Gasteiger partial charge in [0.1, 0.15) is 5.75 Å². The number of carbonyl (C=O) groups is 2. The van der Waals surface area contributed by atoms with Gasteiger partial charge in [0, 0.05) is 23.2 Å². The SMILES string of the molecule is CCN1C(=O)COc2ccc(-c3csc(Nc4ccc(C(=O)O)cc4)n3)cc21. The Kier molecular flexibility index (Phi) is 4.70. The molecule has 0 fully saturated rings. The number of carboxylic acids is 1. The first-order chi connectivity index (χ1) is 13.5. The van der Waals surface area contributed by atoms with E-state index in [-0.39, 0.29) is 18.1 Å². The standard InChI is InChI=1S/C20H17N3O4S/c1-2-23-16-9-13(5-8-17(16)27-10-18(23)24)15-11-28-20(22-15)21-14-6-3-12(4-7-14)19(25)26/h3-9,11H,2,10H2,1H3,(H,21,22)(H,25,26). The number of amides is 1. The summed E-state index contributed by atoms with van der Waals surface area (Å²) in [6.45, 7) is 2.57. The number of benzene rings is 2. The van der Waals surface area contributed by atoms with E-state index in [0.717, 1.165) is 22.6 Å². The molecule has 1 amide bonds. The van der Waals surface area contributed by atoms with E-state index in [2.05, 4.69) is 10.3 Å². The van der Waals surface area contributed by atoms with Gasteiger partial charge in [-0.3, -0.25) is 4.79 Å². The molecule has 8 heteroatoms. The Morgan fingerprint density at radius 2 is 2.07 bits per heavy atom. The summed E-state index contributed by atoms with van der Waals surface area (Å²) in [6.07, 6.45) is 0. The second kappa shape index (κ2) is 7.32. The van der Waals surface area contributed by atoms with Crippen molar-refractivity contribution in [3.8, 4) is 17.0 Å². The number of aromatic carboxylic acids is 1. The van der Waals surface area contributed by atoms with Gasteiger partial charge in [-0.15, -0.1) is 11.3 Å². The molecule has 0 atom stereocenters. The number of likely N-dealkylation sites (N-methyl/N-ethyl adjacent to an activating group) is 1. The maximum absolute atomic E-state index is 12.0. The predicted octanol–water partition coefficient (Wildman–Crippen LogP) is 4.00. The number of carboxylic acid groups (broad SMARTS) is 1. The van der Waals surface area contributed by atoms with Crippen molar-refractivity contribution in [2.24, 2.45) is 0 Å². The fraction of sp³-hybridized carbons (Fsp3) is 0.150. The summed E-state index contributed by atoms with van der Waals surface area (Å²) >= 11 is 1.44. The first-order valence-corrected chi connectivity index (χ1v) is 9.56. The maximum Gasteiger partial charge on any atom is 0.335 e. The van der Waals surface area contributed by atoms with Crippen molar-refractivity contribution >= 4 is 39.7 Å². The van der Waals surface area contributed by atoms with Crippen LogP contribution in [0.1, 0.15) is 17.3 Å². The minimum atomic E-state index is -0.959. The Morgan fingerprint density at radius 3 is 2.79 bits per heavy atom. The van der Waals surface area contributed by atoms with Crippen LogP contribution in [0.15, 0.2) is 47.8 Å². The van der Waals surface area contributed by atoms with E-state index in [0.29, 0.717) is 17.4 Å². The molecule has 1 aromatic heterocycles. The van der Waals surface area contributed by atoms with Crippen molar-refractivity contribution in [1.82, 2.24) is 4.98 Å². The molecule has 142 valence electrons. The third-order valence-corrected chi connectivity index (χ3v) is 5.16. The van der Waals surface area contributed by atoms with Gasteiger partial charge in [-0.2, -0.15) is 0 Å². The number of fused-ring (bicyclic) bond motifs is 1. The lowest BCUT2D eigenvalue weighted by Crippen LogP contribution is -2.38. The zero-order valence-corrected chi connectivity index (χ0v) is 15.8. The van der Waals surface area contributed by atoms with Gasteiger partial charge in [-0.1, -0.05) is 0 Å². The normalized spacial score (nSPS) is 13.0. The molecule has 0 bridgehead atoms. The van der Waals surface area contributed by atoms with Crippen molar-refractivity contribution in [3.05, 3.63) is 53.4 Å². The molecule has 2 heterocycles. The molecule has 7 nitrogen and oxygen atoms in total. The van der Waals surface area contributed by atoms with Gasteiger partial charge in [-0.25, -0.2) is 9.78 Å². The molecular weight excluding hydrogens is 378 g/mol. The molecule has 1 aliphatic rings. The second-order valence-corrected chi connectivity index (χ2v) is 7.01.